The Kier molecular flexibility index (Phi) is 8.58. The van der Waals surface area contributed by atoms with Crippen LogP contribution >= 0.6 is 23.2 Å². The van der Waals surface area contributed by atoms with Crippen molar-refractivity contribution in [2.24, 2.45) is 0 Å². The summed E-state index contributed by atoms with van der Waals surface area (Å²) in [5, 5.41) is 3.55. The third kappa shape index (κ3) is 6.86. The number of amides is 2. The molecule has 2 aromatic rings. The molecule has 0 spiro atoms. The van der Waals surface area contributed by atoms with Gasteiger partial charge in [0, 0.05) is 32.6 Å². The minimum atomic E-state index is -0.150. The molecule has 8 heteroatoms. The first-order chi connectivity index (χ1) is 15.0. The zero-order valence-corrected chi connectivity index (χ0v) is 19.1. The third-order valence-corrected chi connectivity index (χ3v) is 6.14. The highest BCUT2D eigenvalue weighted by atomic mass is 35.5. The normalized spacial score (nSPS) is 14.7. The second kappa shape index (κ2) is 11.4. The summed E-state index contributed by atoms with van der Waals surface area (Å²) in [5.41, 5.74) is 1.62. The highest BCUT2D eigenvalue weighted by Gasteiger charge is 2.20. The number of halogens is 2. The van der Waals surface area contributed by atoms with E-state index in [1.165, 1.54) is 0 Å². The van der Waals surface area contributed by atoms with Gasteiger partial charge in [-0.05, 0) is 42.7 Å². The fourth-order valence-electron chi connectivity index (χ4n) is 3.57. The molecule has 0 saturated carbocycles. The lowest BCUT2D eigenvalue weighted by Gasteiger charge is -2.22. The van der Waals surface area contributed by atoms with Crippen LogP contribution in [0.2, 0.25) is 10.0 Å². The van der Waals surface area contributed by atoms with Gasteiger partial charge in [-0.15, -0.1) is 0 Å². The molecule has 31 heavy (non-hydrogen) atoms. The number of hydrogen-bond donors (Lipinski definition) is 1. The average Bonchev–Trinajstić information content (AvgIpc) is 3.01. The molecule has 1 heterocycles. The number of benzene rings is 2. The predicted octanol–water partition coefficient (Wildman–Crippen LogP) is 4.11. The maximum atomic E-state index is 12.7. The minimum absolute atomic E-state index is 0.146. The van der Waals surface area contributed by atoms with E-state index in [0.717, 1.165) is 24.3 Å². The Morgan fingerprint density at radius 2 is 1.81 bits per heavy atom. The largest absolute Gasteiger partial charge is 0.497 e. The van der Waals surface area contributed by atoms with Crippen molar-refractivity contribution in [1.29, 1.82) is 0 Å². The molecule has 2 amide bonds. The Morgan fingerprint density at radius 3 is 2.55 bits per heavy atom. The second-order valence-corrected chi connectivity index (χ2v) is 8.29. The molecule has 1 N–H and O–H groups in total. The highest BCUT2D eigenvalue weighted by Crippen LogP contribution is 2.29. The molecule has 0 radical (unpaired) electrons. The van der Waals surface area contributed by atoms with Crippen LogP contribution in [0.25, 0.3) is 0 Å². The van der Waals surface area contributed by atoms with Gasteiger partial charge in [-0.3, -0.25) is 14.5 Å². The van der Waals surface area contributed by atoms with E-state index in [2.05, 4.69) is 10.2 Å². The van der Waals surface area contributed by atoms with Crippen molar-refractivity contribution < 1.29 is 14.3 Å². The van der Waals surface area contributed by atoms with E-state index in [9.17, 15) is 9.59 Å². The SMILES string of the molecule is COc1ccc(CCC(=O)N2CCCN(CC(=O)Nc3cccc(Cl)c3Cl)CC2)cc1. The molecule has 0 atom stereocenters. The molecular weight excluding hydrogens is 437 g/mol. The molecule has 6 nitrogen and oxygen atoms in total. The smallest absolute Gasteiger partial charge is 0.238 e. The molecule has 0 aliphatic carbocycles. The molecule has 166 valence electrons. The topological polar surface area (TPSA) is 61.9 Å². The Bertz CT molecular complexity index is 905. The van der Waals surface area contributed by atoms with Crippen LogP contribution < -0.4 is 10.1 Å². The van der Waals surface area contributed by atoms with Crippen molar-refractivity contribution in [3.8, 4) is 5.75 Å². The molecule has 1 saturated heterocycles. The number of rotatable bonds is 7. The number of ether oxygens (including phenoxy) is 1. The molecule has 1 aliphatic rings. The number of carbonyl (C=O) groups excluding carboxylic acids is 2. The van der Waals surface area contributed by atoms with Gasteiger partial charge >= 0.3 is 0 Å². The zero-order valence-electron chi connectivity index (χ0n) is 17.6. The Morgan fingerprint density at radius 1 is 1.03 bits per heavy atom. The zero-order chi connectivity index (χ0) is 22.2. The summed E-state index contributed by atoms with van der Waals surface area (Å²) in [4.78, 5) is 29.1. The van der Waals surface area contributed by atoms with E-state index >= 15 is 0 Å². The minimum Gasteiger partial charge on any atom is -0.497 e. The Balaban J connectivity index is 1.45. The van der Waals surface area contributed by atoms with Gasteiger partial charge in [0.05, 0.1) is 29.4 Å². The van der Waals surface area contributed by atoms with Crippen molar-refractivity contribution in [3.05, 3.63) is 58.1 Å². The van der Waals surface area contributed by atoms with Crippen LogP contribution in [-0.4, -0.2) is 61.4 Å². The summed E-state index contributed by atoms with van der Waals surface area (Å²) >= 11 is 12.1. The first kappa shape index (κ1) is 23.4. The van der Waals surface area contributed by atoms with Gasteiger partial charge in [0.25, 0.3) is 0 Å². The van der Waals surface area contributed by atoms with E-state index in [1.54, 1.807) is 25.3 Å². The lowest BCUT2D eigenvalue weighted by atomic mass is 10.1. The summed E-state index contributed by atoms with van der Waals surface area (Å²) in [6.45, 7) is 2.99. The molecule has 3 rings (SSSR count). The van der Waals surface area contributed by atoms with E-state index in [-0.39, 0.29) is 18.4 Å². The van der Waals surface area contributed by atoms with Crippen LogP contribution in [0.15, 0.2) is 42.5 Å². The maximum absolute atomic E-state index is 12.7. The van der Waals surface area contributed by atoms with Crippen LogP contribution in [-0.2, 0) is 16.0 Å². The van der Waals surface area contributed by atoms with Gasteiger partial charge in [-0.2, -0.15) is 0 Å². The predicted molar refractivity (Wildman–Crippen MR) is 124 cm³/mol. The molecule has 1 aliphatic heterocycles. The van der Waals surface area contributed by atoms with E-state index in [0.29, 0.717) is 48.2 Å². The summed E-state index contributed by atoms with van der Waals surface area (Å²) in [7, 11) is 1.64. The van der Waals surface area contributed by atoms with Crippen molar-refractivity contribution in [3.63, 3.8) is 0 Å². The highest BCUT2D eigenvalue weighted by molar-refractivity contribution is 6.44. The van der Waals surface area contributed by atoms with Crippen molar-refractivity contribution in [1.82, 2.24) is 9.80 Å². The molecule has 1 fully saturated rings. The van der Waals surface area contributed by atoms with Crippen LogP contribution in [0.3, 0.4) is 0 Å². The fraction of sp³-hybridized carbons (Fsp3) is 0.391. The number of methoxy groups -OCH3 is 1. The monoisotopic (exact) mass is 463 g/mol. The average molecular weight is 464 g/mol. The van der Waals surface area contributed by atoms with Gasteiger partial charge in [-0.25, -0.2) is 0 Å². The number of nitrogens with zero attached hydrogens (tertiary/aromatic N) is 2. The summed E-state index contributed by atoms with van der Waals surface area (Å²) < 4.78 is 5.16. The molecule has 2 aromatic carbocycles. The number of hydrogen-bond acceptors (Lipinski definition) is 4. The molecule has 0 unspecified atom stereocenters. The standard InChI is InChI=1S/C23H27Cl2N3O3/c1-31-18-9-6-17(7-10-18)8-11-22(30)28-13-3-12-27(14-15-28)16-21(29)26-20-5-2-4-19(24)23(20)25/h2,4-7,9-10H,3,8,11-16H2,1H3,(H,26,29). The van der Waals surface area contributed by atoms with Crippen LogP contribution in [0.4, 0.5) is 5.69 Å². The number of carbonyl (C=O) groups is 2. The second-order valence-electron chi connectivity index (χ2n) is 7.51. The maximum Gasteiger partial charge on any atom is 0.238 e. The van der Waals surface area contributed by atoms with E-state index in [1.807, 2.05) is 29.2 Å². The molecule has 0 aromatic heterocycles. The Labute approximate surface area is 193 Å². The first-order valence-electron chi connectivity index (χ1n) is 10.3. The number of nitrogens with one attached hydrogen (secondary N) is 1. The third-order valence-electron chi connectivity index (χ3n) is 5.32. The number of aryl methyl sites for hydroxylation is 1. The first-order valence-corrected chi connectivity index (χ1v) is 11.1. The van der Waals surface area contributed by atoms with Gasteiger partial charge in [0.2, 0.25) is 11.8 Å². The van der Waals surface area contributed by atoms with Crippen molar-refractivity contribution in [2.75, 3.05) is 45.2 Å². The van der Waals surface area contributed by atoms with E-state index < -0.39 is 0 Å². The summed E-state index contributed by atoms with van der Waals surface area (Å²) in [6, 6.07) is 12.9. The lowest BCUT2D eigenvalue weighted by Crippen LogP contribution is -2.38. The summed E-state index contributed by atoms with van der Waals surface area (Å²) in [5.74, 6) is 0.806. The Hall–Kier alpha value is -2.28. The van der Waals surface area contributed by atoms with Crippen LogP contribution in [0, 0.1) is 0 Å². The quantitative estimate of drug-likeness (QED) is 0.670. The summed E-state index contributed by atoms with van der Waals surface area (Å²) in [6.07, 6.45) is 2.01. The van der Waals surface area contributed by atoms with Crippen LogP contribution in [0.1, 0.15) is 18.4 Å². The van der Waals surface area contributed by atoms with E-state index in [4.69, 9.17) is 27.9 Å². The van der Waals surface area contributed by atoms with Gasteiger partial charge in [0.15, 0.2) is 0 Å². The number of anilines is 1. The molecular formula is C23H27Cl2N3O3. The molecule has 0 bridgehead atoms. The van der Waals surface area contributed by atoms with Gasteiger partial charge in [0.1, 0.15) is 5.75 Å². The van der Waals surface area contributed by atoms with Gasteiger partial charge < -0.3 is 15.0 Å². The van der Waals surface area contributed by atoms with Crippen molar-refractivity contribution in [2.45, 2.75) is 19.3 Å². The van der Waals surface area contributed by atoms with Crippen molar-refractivity contribution >= 4 is 40.7 Å². The van der Waals surface area contributed by atoms with Gasteiger partial charge in [-0.1, -0.05) is 41.4 Å². The van der Waals surface area contributed by atoms with Crippen LogP contribution in [0.5, 0.6) is 5.75 Å². The fourth-order valence-corrected chi connectivity index (χ4v) is 3.92. The lowest BCUT2D eigenvalue weighted by molar-refractivity contribution is -0.131.